The minimum absolute atomic E-state index is 0.120. The molecule has 2 aromatic heterocycles. The predicted octanol–water partition coefficient (Wildman–Crippen LogP) is 6.66. The van der Waals surface area contributed by atoms with Crippen LogP contribution in [0.1, 0.15) is 51.7 Å². The van der Waals surface area contributed by atoms with E-state index < -0.39 is 8.32 Å². The third-order valence-corrected chi connectivity index (χ3v) is 14.0. The number of rotatable bonds is 8. The summed E-state index contributed by atoms with van der Waals surface area (Å²) in [6.45, 7) is 17.8. The lowest BCUT2D eigenvalue weighted by Crippen LogP contribution is -2.45. The first-order valence-corrected chi connectivity index (χ1v) is 18.1. The molecule has 1 saturated heterocycles. The van der Waals surface area contributed by atoms with Crippen molar-refractivity contribution in [3.8, 4) is 17.3 Å². The molecule has 0 spiro atoms. The largest absolute Gasteiger partial charge is 0.416 e. The fourth-order valence-electron chi connectivity index (χ4n) is 5.42. The molecule has 0 amide bonds. The summed E-state index contributed by atoms with van der Waals surface area (Å²) in [5.74, 6) is 1.77. The molecule has 1 fully saturated rings. The predicted molar refractivity (Wildman–Crippen MR) is 172 cm³/mol. The van der Waals surface area contributed by atoms with Crippen LogP contribution in [0.5, 0.6) is 0 Å². The van der Waals surface area contributed by atoms with Gasteiger partial charge in [0.1, 0.15) is 11.9 Å². The van der Waals surface area contributed by atoms with Crippen molar-refractivity contribution in [2.75, 3.05) is 43.9 Å². The first-order valence-electron chi connectivity index (χ1n) is 14.8. The van der Waals surface area contributed by atoms with Gasteiger partial charge in [-0.15, -0.1) is 0 Å². The molecule has 1 atom stereocenters. The van der Waals surface area contributed by atoms with Crippen molar-refractivity contribution in [2.45, 2.75) is 70.6 Å². The van der Waals surface area contributed by atoms with Crippen LogP contribution in [0.15, 0.2) is 30.5 Å². The highest BCUT2D eigenvalue weighted by Crippen LogP contribution is 2.44. The average molecular weight is 607 g/mol. The van der Waals surface area contributed by atoms with Crippen LogP contribution >= 0.6 is 11.6 Å². The Balaban J connectivity index is 1.40. The summed E-state index contributed by atoms with van der Waals surface area (Å²) in [5, 5.41) is 22.0. The van der Waals surface area contributed by atoms with Crippen LogP contribution in [0.3, 0.4) is 0 Å². The van der Waals surface area contributed by atoms with Crippen molar-refractivity contribution in [1.82, 2.24) is 24.6 Å². The lowest BCUT2D eigenvalue weighted by atomic mass is 9.83. The Hall–Kier alpha value is -2.97. The van der Waals surface area contributed by atoms with E-state index in [2.05, 4.69) is 85.6 Å². The Morgan fingerprint density at radius 2 is 1.98 bits per heavy atom. The maximum atomic E-state index is 10.1. The summed E-state index contributed by atoms with van der Waals surface area (Å²) in [6.07, 6.45) is 4.00. The van der Waals surface area contributed by atoms with Crippen LogP contribution in [0.2, 0.25) is 23.3 Å². The molecular weight excluding hydrogens is 564 g/mol. The van der Waals surface area contributed by atoms with Gasteiger partial charge in [-0.3, -0.25) is 0 Å². The van der Waals surface area contributed by atoms with Gasteiger partial charge in [-0.25, -0.2) is 14.6 Å². The number of aromatic nitrogens is 4. The Kier molecular flexibility index (Phi) is 8.42. The number of nitriles is 1. The van der Waals surface area contributed by atoms with Gasteiger partial charge in [-0.05, 0) is 80.8 Å². The molecule has 1 aromatic carbocycles. The van der Waals surface area contributed by atoms with Gasteiger partial charge in [0.05, 0.1) is 16.9 Å². The van der Waals surface area contributed by atoms with Crippen LogP contribution in [-0.2, 0) is 16.4 Å². The van der Waals surface area contributed by atoms with Crippen LogP contribution in [0, 0.1) is 17.2 Å². The topological polar surface area (TPSA) is 104 Å². The van der Waals surface area contributed by atoms with Crippen LogP contribution in [0.25, 0.3) is 11.3 Å². The molecule has 42 heavy (non-hydrogen) atoms. The molecule has 2 aliphatic heterocycles. The number of hydrogen-bond donors (Lipinski definition) is 2. The fraction of sp³-hybridized carbons (Fsp3) is 0.548. The number of benzene rings is 1. The zero-order valence-electron chi connectivity index (χ0n) is 25.9. The molecule has 0 saturated carbocycles. The summed E-state index contributed by atoms with van der Waals surface area (Å²) >= 11 is 6.33. The lowest BCUT2D eigenvalue weighted by Gasteiger charge is -2.39. The minimum Gasteiger partial charge on any atom is -0.416 e. The van der Waals surface area contributed by atoms with Crippen molar-refractivity contribution in [3.63, 3.8) is 0 Å². The highest BCUT2D eigenvalue weighted by molar-refractivity contribution is 6.74. The first kappa shape index (κ1) is 30.5. The van der Waals surface area contributed by atoms with Crippen LogP contribution in [0.4, 0.5) is 17.5 Å². The molecule has 0 aliphatic carbocycles. The molecule has 11 heteroatoms. The van der Waals surface area contributed by atoms with Crippen molar-refractivity contribution in [3.05, 3.63) is 46.7 Å². The Labute approximate surface area is 255 Å². The van der Waals surface area contributed by atoms with Crippen molar-refractivity contribution < 1.29 is 4.43 Å². The molecule has 2 aliphatic rings. The second kappa shape index (κ2) is 11.6. The van der Waals surface area contributed by atoms with Crippen LogP contribution in [-0.4, -0.2) is 66.3 Å². The number of piperidine rings is 1. The molecule has 0 bridgehead atoms. The molecular formula is C31H43ClN8OSi. The normalized spacial score (nSPS) is 19.8. The summed E-state index contributed by atoms with van der Waals surface area (Å²) in [4.78, 5) is 11.7. The number of hydrogen-bond acceptors (Lipinski definition) is 8. The molecule has 0 unspecified atom stereocenters. The quantitative estimate of drug-likeness (QED) is 0.275. The van der Waals surface area contributed by atoms with E-state index >= 15 is 0 Å². The van der Waals surface area contributed by atoms with Gasteiger partial charge in [0.2, 0.25) is 5.95 Å². The monoisotopic (exact) mass is 606 g/mol. The SMILES string of the molecule is CN1CCC(Cn2nc(Cl)cc2Nc2nccc(-c3cc(C#N)c4c(c3)[C@@](C)(CO[Si](C)(C)C(C)(C)C)CN4)n2)CC1. The molecule has 2 N–H and O–H groups in total. The van der Waals surface area contributed by atoms with E-state index in [1.165, 1.54) is 0 Å². The van der Waals surface area contributed by atoms with Gasteiger partial charge in [0, 0.05) is 42.9 Å². The second-order valence-electron chi connectivity index (χ2n) is 13.7. The van der Waals surface area contributed by atoms with Gasteiger partial charge >= 0.3 is 0 Å². The van der Waals surface area contributed by atoms with E-state index in [4.69, 9.17) is 21.0 Å². The molecule has 224 valence electrons. The van der Waals surface area contributed by atoms with E-state index in [1.807, 2.05) is 22.9 Å². The van der Waals surface area contributed by atoms with Gasteiger partial charge in [0.25, 0.3) is 0 Å². The first-order chi connectivity index (χ1) is 19.8. The summed E-state index contributed by atoms with van der Waals surface area (Å²) < 4.78 is 8.60. The van der Waals surface area contributed by atoms with Gasteiger partial charge in [-0.1, -0.05) is 39.3 Å². The maximum absolute atomic E-state index is 10.1. The van der Waals surface area contributed by atoms with E-state index in [0.29, 0.717) is 35.7 Å². The number of nitrogens with one attached hydrogen (secondary N) is 2. The van der Waals surface area contributed by atoms with Gasteiger partial charge in [0.15, 0.2) is 13.5 Å². The lowest BCUT2D eigenvalue weighted by molar-refractivity contribution is 0.202. The molecule has 5 rings (SSSR count). The summed E-state index contributed by atoms with van der Waals surface area (Å²) in [6, 6.07) is 10.1. The number of fused-ring (bicyclic) bond motifs is 1. The van der Waals surface area contributed by atoms with Crippen LogP contribution < -0.4 is 10.6 Å². The Morgan fingerprint density at radius 1 is 1.24 bits per heavy atom. The Bertz CT molecular complexity index is 1490. The number of anilines is 3. The second-order valence-corrected chi connectivity index (χ2v) is 18.9. The highest BCUT2D eigenvalue weighted by atomic mass is 35.5. The van der Waals surface area contributed by atoms with E-state index in [1.54, 1.807) is 6.20 Å². The molecule has 3 aromatic rings. The zero-order chi connectivity index (χ0) is 30.3. The third-order valence-electron chi connectivity index (χ3n) is 9.33. The van der Waals surface area contributed by atoms with Crippen molar-refractivity contribution in [2.24, 2.45) is 5.92 Å². The summed E-state index contributed by atoms with van der Waals surface area (Å²) in [5.41, 5.74) is 3.93. The summed E-state index contributed by atoms with van der Waals surface area (Å²) in [7, 11) is 0.220. The zero-order valence-corrected chi connectivity index (χ0v) is 27.6. The third kappa shape index (κ3) is 6.35. The average Bonchev–Trinajstić information content (AvgIpc) is 3.46. The van der Waals surface area contributed by atoms with E-state index in [-0.39, 0.29) is 10.5 Å². The number of likely N-dealkylation sites (tertiary alicyclic amines) is 1. The van der Waals surface area contributed by atoms with Crippen molar-refractivity contribution in [1.29, 1.82) is 5.26 Å². The van der Waals surface area contributed by atoms with Gasteiger partial charge < -0.3 is 20.0 Å². The van der Waals surface area contributed by atoms with Crippen molar-refractivity contribution >= 4 is 37.4 Å². The highest BCUT2D eigenvalue weighted by Gasteiger charge is 2.42. The Morgan fingerprint density at radius 3 is 2.67 bits per heavy atom. The smallest absolute Gasteiger partial charge is 0.228 e. The molecule has 9 nitrogen and oxygen atoms in total. The molecule has 0 radical (unpaired) electrons. The molecule has 4 heterocycles. The van der Waals surface area contributed by atoms with E-state index in [0.717, 1.165) is 60.8 Å². The number of halogens is 1. The maximum Gasteiger partial charge on any atom is 0.228 e. The number of nitrogens with zero attached hydrogens (tertiary/aromatic N) is 6. The standard InChI is InChI=1S/C31H43ClN8OSi/c1-30(2,3)42(6,7)41-20-31(4)19-35-28-23(17-33)14-22(15-24(28)31)25-8-11-34-29(36-25)37-27-16-26(32)38-40(27)18-21-9-12-39(5)13-10-21/h8,11,14-16,21,35H,9-10,12-13,18-20H2,1-7H3,(H,34,36,37)/t31-/m1/s1. The minimum atomic E-state index is -1.95. The van der Waals surface area contributed by atoms with Gasteiger partial charge in [-0.2, -0.15) is 10.4 Å². The van der Waals surface area contributed by atoms with E-state index in [9.17, 15) is 5.26 Å². The fourth-order valence-corrected chi connectivity index (χ4v) is 6.72.